The minimum absolute atomic E-state index is 0.00347. The van der Waals surface area contributed by atoms with Crippen LogP contribution in [0.2, 0.25) is 0 Å². The Morgan fingerprint density at radius 1 is 1.40 bits per heavy atom. The number of likely N-dealkylation sites (N-methyl/N-ethyl adjacent to an activating group) is 1. The van der Waals surface area contributed by atoms with Crippen molar-refractivity contribution in [1.29, 1.82) is 5.41 Å². The van der Waals surface area contributed by atoms with E-state index in [1.807, 2.05) is 24.1 Å². The number of allylic oxidation sites excluding steroid dienone is 5. The van der Waals surface area contributed by atoms with Gasteiger partial charge in [-0.15, -0.1) is 5.73 Å². The summed E-state index contributed by atoms with van der Waals surface area (Å²) in [6, 6.07) is 0.157. The molecule has 1 aliphatic heterocycles. The van der Waals surface area contributed by atoms with Crippen molar-refractivity contribution in [3.63, 3.8) is 0 Å². The molecule has 1 amide bonds. The Hall–Kier alpha value is -2.06. The minimum atomic E-state index is -0.00347. The summed E-state index contributed by atoms with van der Waals surface area (Å²) in [6.07, 6.45) is 13.7. The van der Waals surface area contributed by atoms with Crippen molar-refractivity contribution < 1.29 is 4.79 Å². The highest BCUT2D eigenvalue weighted by Gasteiger charge is 2.40. The molecule has 1 atom stereocenters. The lowest BCUT2D eigenvalue weighted by atomic mass is 9.74. The topological polar surface area (TPSA) is 47.4 Å². The van der Waals surface area contributed by atoms with E-state index in [4.69, 9.17) is 5.41 Å². The normalized spacial score (nSPS) is 25.7. The van der Waals surface area contributed by atoms with E-state index >= 15 is 0 Å². The molecule has 25 heavy (non-hydrogen) atoms. The van der Waals surface area contributed by atoms with Gasteiger partial charge in [-0.1, -0.05) is 30.6 Å². The van der Waals surface area contributed by atoms with Crippen LogP contribution in [0.5, 0.6) is 0 Å². The third-order valence-electron chi connectivity index (χ3n) is 5.95. The number of amides is 1. The maximum absolute atomic E-state index is 12.2. The highest BCUT2D eigenvalue weighted by Crippen LogP contribution is 2.48. The van der Waals surface area contributed by atoms with Gasteiger partial charge in [0.1, 0.15) is 0 Å². The van der Waals surface area contributed by atoms with Crippen LogP contribution in [0, 0.1) is 10.8 Å². The van der Waals surface area contributed by atoms with Crippen molar-refractivity contribution in [2.75, 3.05) is 20.1 Å². The van der Waals surface area contributed by atoms with Gasteiger partial charge in [0.25, 0.3) is 0 Å². The second-order valence-corrected chi connectivity index (χ2v) is 7.82. The third-order valence-corrected chi connectivity index (χ3v) is 5.95. The third kappa shape index (κ3) is 3.64. The predicted molar refractivity (Wildman–Crippen MR) is 102 cm³/mol. The number of piperazine rings is 1. The van der Waals surface area contributed by atoms with E-state index in [-0.39, 0.29) is 17.4 Å². The number of hydrogen-bond donors (Lipinski definition) is 1. The minimum Gasteiger partial charge on any atom is -0.349 e. The van der Waals surface area contributed by atoms with Crippen molar-refractivity contribution in [3.8, 4) is 0 Å². The number of carbonyl (C=O) groups is 1. The summed E-state index contributed by atoms with van der Waals surface area (Å²) in [7, 11) is 1.86. The van der Waals surface area contributed by atoms with Crippen LogP contribution >= 0.6 is 0 Å². The van der Waals surface area contributed by atoms with Crippen LogP contribution < -0.4 is 0 Å². The van der Waals surface area contributed by atoms with Crippen LogP contribution in [0.4, 0.5) is 0 Å². The Labute approximate surface area is 151 Å². The molecule has 0 spiro atoms. The molecule has 2 aliphatic carbocycles. The Morgan fingerprint density at radius 2 is 2.12 bits per heavy atom. The highest BCUT2D eigenvalue weighted by molar-refractivity contribution is 5.88. The number of nitrogens with zero attached hydrogens (tertiary/aromatic N) is 2. The van der Waals surface area contributed by atoms with Crippen molar-refractivity contribution in [2.24, 2.45) is 5.41 Å². The molecule has 0 bridgehead atoms. The molecule has 3 aliphatic rings. The second-order valence-electron chi connectivity index (χ2n) is 7.82. The van der Waals surface area contributed by atoms with E-state index in [1.165, 1.54) is 24.0 Å². The molecule has 134 valence electrons. The molecule has 4 nitrogen and oxygen atoms in total. The molecular formula is C21H29N3O. The summed E-state index contributed by atoms with van der Waals surface area (Å²) in [6.45, 7) is 5.26. The van der Waals surface area contributed by atoms with Crippen LogP contribution in [-0.2, 0) is 4.79 Å². The summed E-state index contributed by atoms with van der Waals surface area (Å²) in [5.74, 6) is 0.713. The van der Waals surface area contributed by atoms with Crippen LogP contribution in [-0.4, -0.2) is 47.7 Å². The summed E-state index contributed by atoms with van der Waals surface area (Å²) >= 11 is 0. The molecule has 1 unspecified atom stereocenters. The van der Waals surface area contributed by atoms with Crippen LogP contribution in [0.15, 0.2) is 41.2 Å². The molecule has 1 saturated heterocycles. The Morgan fingerprint density at radius 3 is 2.80 bits per heavy atom. The van der Waals surface area contributed by atoms with E-state index in [9.17, 15) is 4.79 Å². The quantitative estimate of drug-likeness (QED) is 0.484. The van der Waals surface area contributed by atoms with E-state index in [1.54, 1.807) is 4.90 Å². The Kier molecular flexibility index (Phi) is 5.01. The standard InChI is InChI=1S/C21H29N3O/c1-16-8-4-5-9-18(12-16)21(10-6-7-11-21)13-19(22)24-14-17(2)23(3)20(25)15-24/h4-5,8,12,17,22H,6-7,10-11,13-15H2,1-3H3. The average Bonchev–Trinajstić information content (AvgIpc) is 2.93. The summed E-state index contributed by atoms with van der Waals surface area (Å²) in [4.78, 5) is 15.9. The van der Waals surface area contributed by atoms with Crippen molar-refractivity contribution in [2.45, 2.75) is 52.0 Å². The van der Waals surface area contributed by atoms with E-state index in [0.717, 1.165) is 19.4 Å². The molecule has 1 saturated carbocycles. The molecule has 1 N–H and O–H groups in total. The van der Waals surface area contributed by atoms with Gasteiger partial charge in [0.05, 0.1) is 12.4 Å². The molecule has 0 aromatic heterocycles. The van der Waals surface area contributed by atoms with Gasteiger partial charge in [0, 0.05) is 37.0 Å². The molecule has 2 fully saturated rings. The molecular weight excluding hydrogens is 310 g/mol. The maximum atomic E-state index is 12.2. The van der Waals surface area contributed by atoms with Crippen LogP contribution in [0.3, 0.4) is 0 Å². The summed E-state index contributed by atoms with van der Waals surface area (Å²) < 4.78 is 0. The zero-order chi connectivity index (χ0) is 18.0. The first-order valence-corrected chi connectivity index (χ1v) is 9.31. The fraction of sp³-hybridized carbons (Fsp3) is 0.571. The molecule has 4 heteroatoms. The maximum Gasteiger partial charge on any atom is 0.242 e. The molecule has 0 aromatic carbocycles. The van der Waals surface area contributed by atoms with Crippen molar-refractivity contribution >= 4 is 11.7 Å². The fourth-order valence-electron chi connectivity index (χ4n) is 4.22. The second kappa shape index (κ2) is 7.05. The lowest BCUT2D eigenvalue weighted by molar-refractivity contribution is -0.135. The number of amidine groups is 1. The number of carbonyl (C=O) groups excluding carboxylic acids is 1. The van der Waals surface area contributed by atoms with Gasteiger partial charge in [-0.2, -0.15) is 0 Å². The Bertz CT molecular complexity index is 688. The van der Waals surface area contributed by atoms with Crippen LogP contribution in [0.25, 0.3) is 0 Å². The SMILES string of the molecule is CC1=CC(C2(CC(=N)N3CC(=O)N(C)C(C)C3)CCCC2)=C=CC=C1. The summed E-state index contributed by atoms with van der Waals surface area (Å²) in [5, 5.41) is 8.71. The summed E-state index contributed by atoms with van der Waals surface area (Å²) in [5.41, 5.74) is 5.92. The number of hydrogen-bond acceptors (Lipinski definition) is 2. The van der Waals surface area contributed by atoms with Gasteiger partial charge in [-0.3, -0.25) is 10.2 Å². The number of nitrogens with one attached hydrogen (secondary N) is 1. The first kappa shape index (κ1) is 17.8. The van der Waals surface area contributed by atoms with E-state index < -0.39 is 0 Å². The molecule has 0 radical (unpaired) electrons. The van der Waals surface area contributed by atoms with Crippen molar-refractivity contribution in [1.82, 2.24) is 9.80 Å². The molecule has 1 heterocycles. The van der Waals surface area contributed by atoms with Gasteiger partial charge >= 0.3 is 0 Å². The van der Waals surface area contributed by atoms with E-state index in [0.29, 0.717) is 18.8 Å². The smallest absolute Gasteiger partial charge is 0.242 e. The zero-order valence-electron chi connectivity index (χ0n) is 15.6. The van der Waals surface area contributed by atoms with Gasteiger partial charge in [-0.05, 0) is 38.8 Å². The zero-order valence-corrected chi connectivity index (χ0v) is 15.6. The van der Waals surface area contributed by atoms with Gasteiger partial charge in [-0.25, -0.2) is 0 Å². The first-order chi connectivity index (χ1) is 11.9. The largest absolute Gasteiger partial charge is 0.349 e. The molecule has 3 rings (SSSR count). The average molecular weight is 339 g/mol. The van der Waals surface area contributed by atoms with Gasteiger partial charge in [0.15, 0.2) is 0 Å². The van der Waals surface area contributed by atoms with Crippen LogP contribution in [0.1, 0.15) is 46.0 Å². The van der Waals surface area contributed by atoms with E-state index in [2.05, 4.69) is 31.7 Å². The lowest BCUT2D eigenvalue weighted by Crippen LogP contribution is -2.55. The monoisotopic (exact) mass is 339 g/mol. The lowest BCUT2D eigenvalue weighted by Gasteiger charge is -2.40. The number of rotatable bonds is 3. The molecule has 0 aromatic rings. The Balaban J connectivity index is 1.81. The first-order valence-electron chi connectivity index (χ1n) is 9.31. The van der Waals surface area contributed by atoms with Gasteiger partial charge < -0.3 is 9.80 Å². The van der Waals surface area contributed by atoms with Gasteiger partial charge in [0.2, 0.25) is 5.91 Å². The fourth-order valence-corrected chi connectivity index (χ4v) is 4.22. The predicted octanol–water partition coefficient (Wildman–Crippen LogP) is 3.67. The van der Waals surface area contributed by atoms with Crippen molar-refractivity contribution in [3.05, 3.63) is 41.2 Å². The highest BCUT2D eigenvalue weighted by atomic mass is 16.2.